The van der Waals surface area contributed by atoms with Crippen LogP contribution in [-0.2, 0) is 9.31 Å². The molecule has 1 aliphatic heterocycles. The molecule has 2 heterocycles. The molecule has 148 valence electrons. The summed E-state index contributed by atoms with van der Waals surface area (Å²) in [5, 5.41) is 4.47. The van der Waals surface area contributed by atoms with Gasteiger partial charge < -0.3 is 9.31 Å². The van der Waals surface area contributed by atoms with Crippen LogP contribution in [0.2, 0.25) is 5.82 Å². The lowest BCUT2D eigenvalue weighted by molar-refractivity contribution is -0.164. The Morgan fingerprint density at radius 3 is 2.19 bits per heavy atom. The Morgan fingerprint density at radius 1 is 1.11 bits per heavy atom. The lowest BCUT2D eigenvalue weighted by Crippen LogP contribution is -2.41. The molecule has 27 heavy (non-hydrogen) atoms. The monoisotopic (exact) mass is 382 g/mol. The van der Waals surface area contributed by atoms with E-state index in [9.17, 15) is 13.2 Å². The van der Waals surface area contributed by atoms with Crippen LogP contribution < -0.4 is 0 Å². The van der Waals surface area contributed by atoms with Gasteiger partial charge in [-0.2, -0.15) is 18.3 Å². The largest absolute Gasteiger partial charge is 0.461 e. The molecule has 4 nitrogen and oxygen atoms in total. The van der Waals surface area contributed by atoms with Gasteiger partial charge in [0.25, 0.3) is 0 Å². The molecule has 1 saturated carbocycles. The minimum Gasteiger partial charge on any atom is -0.403 e. The van der Waals surface area contributed by atoms with E-state index in [0.717, 1.165) is 11.6 Å². The normalized spacial score (nSPS) is 22.4. The minimum atomic E-state index is -4.27. The molecule has 1 aromatic carbocycles. The van der Waals surface area contributed by atoms with Gasteiger partial charge in [0, 0.05) is 5.39 Å². The van der Waals surface area contributed by atoms with Crippen molar-refractivity contribution < 1.29 is 22.5 Å². The number of hydrogen-bond donors (Lipinski definition) is 0. The summed E-state index contributed by atoms with van der Waals surface area (Å²) >= 11 is 0. The second kappa shape index (κ2) is 6.81. The van der Waals surface area contributed by atoms with E-state index in [0.29, 0.717) is 16.7 Å². The Balaban J connectivity index is 0.000000159. The van der Waals surface area contributed by atoms with Gasteiger partial charge in [-0.25, -0.2) is 0 Å². The van der Waals surface area contributed by atoms with Crippen LogP contribution >= 0.6 is 0 Å². The second-order valence-electron chi connectivity index (χ2n) is 8.33. The highest BCUT2D eigenvalue weighted by atomic mass is 19.4. The summed E-state index contributed by atoms with van der Waals surface area (Å²) in [7, 11) is 0.0648. The van der Waals surface area contributed by atoms with E-state index in [1.807, 2.05) is 0 Å². The maximum Gasteiger partial charge on any atom is 0.461 e. The van der Waals surface area contributed by atoms with Crippen molar-refractivity contribution in [2.24, 2.45) is 0 Å². The van der Waals surface area contributed by atoms with Crippen LogP contribution in [0.3, 0.4) is 0 Å². The number of aromatic nitrogens is 2. The first kappa shape index (κ1) is 20.2. The van der Waals surface area contributed by atoms with E-state index in [4.69, 9.17) is 9.31 Å². The van der Waals surface area contributed by atoms with Crippen LogP contribution in [0.4, 0.5) is 13.2 Å². The fourth-order valence-corrected chi connectivity index (χ4v) is 2.89. The number of hydrogen-bond acceptors (Lipinski definition) is 3. The first-order chi connectivity index (χ1) is 12.4. The zero-order chi connectivity index (χ0) is 20.0. The molecular weight excluding hydrogens is 356 g/mol. The zero-order valence-corrected chi connectivity index (χ0v) is 16.4. The van der Waals surface area contributed by atoms with Gasteiger partial charge in [-0.3, -0.25) is 4.68 Å². The molecule has 8 heteroatoms. The van der Waals surface area contributed by atoms with Crippen molar-refractivity contribution >= 4 is 18.0 Å². The predicted octanol–water partition coefficient (Wildman–Crippen LogP) is 5.40. The van der Waals surface area contributed by atoms with Crippen LogP contribution in [0, 0.1) is 0 Å². The average molecular weight is 382 g/mol. The van der Waals surface area contributed by atoms with Crippen molar-refractivity contribution in [3.05, 3.63) is 30.5 Å². The average Bonchev–Trinajstić information content (AvgIpc) is 3.27. The van der Waals surface area contributed by atoms with Crippen LogP contribution in [0.25, 0.3) is 10.9 Å². The standard InChI is InChI=1S/C10H9F3N2.C9H17BO2/c1-7(10(11,12)13)15-9-5-3-2-4-8(9)6-14-15;1-8(2)9(3,4)12-10(11-8)7-5-6-7/h2-7H,1H3;7H,5-6H2,1-4H3. The van der Waals surface area contributed by atoms with E-state index in [2.05, 4.69) is 32.8 Å². The van der Waals surface area contributed by atoms with Gasteiger partial charge in [-0.05, 0) is 46.5 Å². The Morgan fingerprint density at radius 2 is 1.67 bits per heavy atom. The summed E-state index contributed by atoms with van der Waals surface area (Å²) in [5.41, 5.74) is 0.225. The number of para-hydroxylation sites is 1. The third kappa shape index (κ3) is 4.16. The van der Waals surface area contributed by atoms with E-state index in [-0.39, 0.29) is 18.3 Å². The molecule has 2 aliphatic rings. The number of alkyl halides is 3. The van der Waals surface area contributed by atoms with Gasteiger partial charge in [0.05, 0.1) is 22.9 Å². The molecule has 0 spiro atoms. The van der Waals surface area contributed by atoms with Gasteiger partial charge >= 0.3 is 13.3 Å². The molecule has 1 atom stereocenters. The van der Waals surface area contributed by atoms with Gasteiger partial charge in [0.15, 0.2) is 0 Å². The van der Waals surface area contributed by atoms with E-state index in [1.165, 1.54) is 19.0 Å². The summed E-state index contributed by atoms with van der Waals surface area (Å²) < 4.78 is 50.2. The highest BCUT2D eigenvalue weighted by Crippen LogP contribution is 2.48. The van der Waals surface area contributed by atoms with E-state index < -0.39 is 12.2 Å². The smallest absolute Gasteiger partial charge is 0.403 e. The lowest BCUT2D eigenvalue weighted by atomic mass is 9.82. The van der Waals surface area contributed by atoms with Crippen molar-refractivity contribution in [1.29, 1.82) is 0 Å². The summed E-state index contributed by atoms with van der Waals surface area (Å²) in [4.78, 5) is 0. The van der Waals surface area contributed by atoms with Gasteiger partial charge in [-0.15, -0.1) is 0 Å². The maximum atomic E-state index is 12.5. The molecule has 0 N–H and O–H groups in total. The van der Waals surface area contributed by atoms with Gasteiger partial charge in [-0.1, -0.05) is 31.0 Å². The molecule has 0 radical (unpaired) electrons. The number of benzene rings is 1. The molecule has 2 aromatic rings. The van der Waals surface area contributed by atoms with Gasteiger partial charge in [0.2, 0.25) is 0 Å². The van der Waals surface area contributed by atoms with Crippen molar-refractivity contribution in [2.75, 3.05) is 0 Å². The summed E-state index contributed by atoms with van der Waals surface area (Å²) in [6, 6.07) is 5.24. The topological polar surface area (TPSA) is 36.3 Å². The van der Waals surface area contributed by atoms with E-state index >= 15 is 0 Å². The highest BCUT2D eigenvalue weighted by Gasteiger charge is 2.55. The van der Waals surface area contributed by atoms with Gasteiger partial charge in [0.1, 0.15) is 6.04 Å². The highest BCUT2D eigenvalue weighted by molar-refractivity contribution is 6.48. The summed E-state index contributed by atoms with van der Waals surface area (Å²) in [5.74, 6) is 0.672. The Hall–Kier alpha value is -1.54. The van der Waals surface area contributed by atoms with Crippen molar-refractivity contribution in [3.8, 4) is 0 Å². The first-order valence-electron chi connectivity index (χ1n) is 9.27. The third-order valence-electron chi connectivity index (χ3n) is 5.62. The van der Waals surface area contributed by atoms with Crippen molar-refractivity contribution in [1.82, 2.24) is 9.78 Å². The minimum absolute atomic E-state index is 0.0648. The van der Waals surface area contributed by atoms with Crippen molar-refractivity contribution in [2.45, 2.75) is 76.7 Å². The Kier molecular flexibility index (Phi) is 5.10. The van der Waals surface area contributed by atoms with Crippen LogP contribution in [0.15, 0.2) is 30.5 Å². The number of fused-ring (bicyclic) bond motifs is 1. The molecule has 0 bridgehead atoms. The molecule has 1 aromatic heterocycles. The molecule has 1 saturated heterocycles. The van der Waals surface area contributed by atoms with Crippen LogP contribution in [0.1, 0.15) is 53.5 Å². The predicted molar refractivity (Wildman–Crippen MR) is 99.6 cm³/mol. The first-order valence-corrected chi connectivity index (χ1v) is 9.27. The fraction of sp³-hybridized carbons (Fsp3) is 0.632. The van der Waals surface area contributed by atoms with Crippen LogP contribution in [-0.4, -0.2) is 34.3 Å². The fourth-order valence-electron chi connectivity index (χ4n) is 2.89. The summed E-state index contributed by atoms with van der Waals surface area (Å²) in [6.07, 6.45) is -0.278. The molecule has 2 fully saturated rings. The second-order valence-corrected chi connectivity index (χ2v) is 8.33. The molecule has 1 aliphatic carbocycles. The number of halogens is 3. The Labute approximate surface area is 158 Å². The SMILES string of the molecule is CC(n1ncc2ccccc21)C(F)(F)F.CC1(C)OB(C2CC2)OC1(C)C. The molecule has 0 amide bonds. The number of rotatable bonds is 2. The number of nitrogens with zero attached hydrogens (tertiary/aromatic N) is 2. The maximum absolute atomic E-state index is 12.5. The zero-order valence-electron chi connectivity index (χ0n) is 16.4. The molecular formula is C19H26BF3N2O2. The summed E-state index contributed by atoms with van der Waals surface area (Å²) in [6.45, 7) is 9.52. The van der Waals surface area contributed by atoms with Crippen LogP contribution in [0.5, 0.6) is 0 Å². The van der Waals surface area contributed by atoms with E-state index in [1.54, 1.807) is 24.3 Å². The van der Waals surface area contributed by atoms with Crippen molar-refractivity contribution in [3.63, 3.8) is 0 Å². The Bertz CT molecular complexity index is 784. The lowest BCUT2D eigenvalue weighted by Gasteiger charge is -2.32. The molecule has 4 rings (SSSR count). The quantitative estimate of drug-likeness (QED) is 0.653. The molecule has 1 unspecified atom stereocenters. The third-order valence-corrected chi connectivity index (χ3v) is 5.62.